The van der Waals surface area contributed by atoms with Gasteiger partial charge in [-0.15, -0.1) is 0 Å². The van der Waals surface area contributed by atoms with Gasteiger partial charge in [0.2, 0.25) is 0 Å². The fourth-order valence-electron chi connectivity index (χ4n) is 7.80. The Morgan fingerprint density at radius 3 is 1.95 bits per heavy atom. The van der Waals surface area contributed by atoms with E-state index in [1.165, 1.54) is 34.6 Å². The second-order valence-electron chi connectivity index (χ2n) is 12.9. The van der Waals surface area contributed by atoms with Crippen molar-refractivity contribution in [1.82, 2.24) is 0 Å². The van der Waals surface area contributed by atoms with Gasteiger partial charge in [-0.25, -0.2) is 4.79 Å². The van der Waals surface area contributed by atoms with E-state index >= 15 is 0 Å². The van der Waals surface area contributed by atoms with Gasteiger partial charge in [0.05, 0.1) is 34.2 Å². The summed E-state index contributed by atoms with van der Waals surface area (Å²) >= 11 is 0. The van der Waals surface area contributed by atoms with E-state index in [9.17, 15) is 34.5 Å². The van der Waals surface area contributed by atoms with Crippen molar-refractivity contribution in [2.45, 2.75) is 104 Å². The Balaban J connectivity index is 2.16. The molecule has 0 bridgehead atoms. The minimum absolute atomic E-state index is 0.147. The largest absolute Gasteiger partial charge is 0.462 e. The molecule has 3 N–H and O–H groups in total. The molecule has 240 valence electrons. The number of hydrogen-bond donors (Lipinski definition) is 3. The number of hydrogen-bond acceptors (Lipinski definition) is 11. The van der Waals surface area contributed by atoms with E-state index < -0.39 is 82.8 Å². The first-order chi connectivity index (χ1) is 20.4. The van der Waals surface area contributed by atoms with Gasteiger partial charge in [0.1, 0.15) is 12.2 Å². The molecule has 1 aromatic rings. The van der Waals surface area contributed by atoms with Crippen LogP contribution in [0.2, 0.25) is 0 Å². The Morgan fingerprint density at radius 2 is 1.43 bits per heavy atom. The minimum Gasteiger partial charge on any atom is -0.462 e. The van der Waals surface area contributed by atoms with Crippen molar-refractivity contribution in [1.29, 1.82) is 0 Å². The average Bonchev–Trinajstić information content (AvgIpc) is 3.15. The van der Waals surface area contributed by atoms with Crippen LogP contribution < -0.4 is 0 Å². The Morgan fingerprint density at radius 1 is 0.886 bits per heavy atom. The minimum atomic E-state index is -1.77. The monoisotopic (exact) mass is 614 g/mol. The highest BCUT2D eigenvalue weighted by Crippen LogP contribution is 2.66. The molecule has 0 aliphatic heterocycles. The van der Waals surface area contributed by atoms with Gasteiger partial charge in [-0.05, 0) is 56.0 Å². The molecular weight excluding hydrogens is 572 g/mol. The first-order valence-corrected chi connectivity index (χ1v) is 14.6. The Labute approximate surface area is 256 Å². The number of ether oxygens (including phenoxy) is 4. The highest BCUT2D eigenvalue weighted by atomic mass is 16.6. The lowest BCUT2D eigenvalue weighted by atomic mass is 9.54. The normalized spacial score (nSPS) is 35.1. The van der Waals surface area contributed by atoms with Crippen molar-refractivity contribution in [3.05, 3.63) is 59.2 Å². The smallest absolute Gasteiger partial charge is 0.338 e. The molecule has 0 amide bonds. The molecule has 9 atom stereocenters. The first-order valence-electron chi connectivity index (χ1n) is 14.6. The molecule has 2 saturated carbocycles. The number of benzene rings is 1. The molecule has 3 aliphatic rings. The highest BCUT2D eigenvalue weighted by Gasteiger charge is 2.73. The molecule has 0 aromatic heterocycles. The maximum absolute atomic E-state index is 13.7. The summed E-state index contributed by atoms with van der Waals surface area (Å²) in [6.45, 7) is 13.9. The van der Waals surface area contributed by atoms with Crippen LogP contribution in [-0.2, 0) is 33.3 Å². The SMILES string of the molecule is C=C1[C@H](O)C[C@H](OC(C)=O)[C@]2(C)[C@@H](OC(C)=O)[C@H](OC(=O)c3ccccc3)C3=C(C)[C@@H](O)C[C@@]3(C(C)(C)O)[C@H](OC(C)=O)[C@H]12. The van der Waals surface area contributed by atoms with Crippen LogP contribution in [0, 0.1) is 16.7 Å². The number of esters is 4. The molecule has 3 aliphatic carbocycles. The molecule has 1 aromatic carbocycles. The number of carbonyl (C=O) groups excluding carboxylic acids is 4. The lowest BCUT2D eigenvalue weighted by Gasteiger charge is -2.55. The van der Waals surface area contributed by atoms with E-state index in [2.05, 4.69) is 6.58 Å². The van der Waals surface area contributed by atoms with Crippen LogP contribution in [0.25, 0.3) is 0 Å². The van der Waals surface area contributed by atoms with Crippen LogP contribution >= 0.6 is 0 Å². The van der Waals surface area contributed by atoms with Crippen LogP contribution in [0.5, 0.6) is 0 Å². The zero-order valence-corrected chi connectivity index (χ0v) is 26.2. The molecule has 44 heavy (non-hydrogen) atoms. The van der Waals surface area contributed by atoms with Crippen LogP contribution in [0.15, 0.2) is 53.6 Å². The first kappa shape index (κ1) is 33.4. The van der Waals surface area contributed by atoms with Crippen LogP contribution in [-0.4, -0.2) is 81.4 Å². The highest BCUT2D eigenvalue weighted by molar-refractivity contribution is 5.89. The lowest BCUT2D eigenvalue weighted by Crippen LogP contribution is -2.63. The topological polar surface area (TPSA) is 166 Å². The van der Waals surface area contributed by atoms with E-state index in [1.54, 1.807) is 44.2 Å². The number of fused-ring (bicyclic) bond motifs is 2. The quantitative estimate of drug-likeness (QED) is 0.245. The predicted octanol–water partition coefficient (Wildman–Crippen LogP) is 2.80. The summed E-state index contributed by atoms with van der Waals surface area (Å²) in [7, 11) is 0. The van der Waals surface area contributed by atoms with Crippen molar-refractivity contribution >= 4 is 23.9 Å². The molecule has 0 radical (unpaired) electrons. The number of aliphatic hydroxyl groups is 3. The van der Waals surface area contributed by atoms with Gasteiger partial charge >= 0.3 is 23.9 Å². The van der Waals surface area contributed by atoms with Crippen molar-refractivity contribution in [2.24, 2.45) is 16.7 Å². The molecule has 11 heteroatoms. The molecule has 0 unspecified atom stereocenters. The third-order valence-corrected chi connectivity index (χ3v) is 9.74. The molecule has 0 spiro atoms. The third-order valence-electron chi connectivity index (χ3n) is 9.74. The average molecular weight is 615 g/mol. The van der Waals surface area contributed by atoms with Crippen molar-refractivity contribution in [3.8, 4) is 0 Å². The Kier molecular flexibility index (Phi) is 8.91. The fourth-order valence-corrected chi connectivity index (χ4v) is 7.80. The predicted molar refractivity (Wildman–Crippen MR) is 156 cm³/mol. The van der Waals surface area contributed by atoms with Gasteiger partial charge in [0, 0.05) is 33.1 Å². The van der Waals surface area contributed by atoms with Crippen LogP contribution in [0.1, 0.15) is 71.7 Å². The molecule has 0 heterocycles. The zero-order valence-electron chi connectivity index (χ0n) is 26.2. The maximum atomic E-state index is 13.7. The molecular formula is C33H42O11. The van der Waals surface area contributed by atoms with Crippen molar-refractivity contribution in [2.75, 3.05) is 0 Å². The van der Waals surface area contributed by atoms with E-state index in [0.717, 1.165) is 0 Å². The third kappa shape index (κ3) is 5.35. The van der Waals surface area contributed by atoms with Crippen LogP contribution in [0.3, 0.4) is 0 Å². The summed E-state index contributed by atoms with van der Waals surface area (Å²) in [5.74, 6) is -4.11. The van der Waals surface area contributed by atoms with Crippen LogP contribution in [0.4, 0.5) is 0 Å². The maximum Gasteiger partial charge on any atom is 0.338 e. The summed E-state index contributed by atoms with van der Waals surface area (Å²) < 4.78 is 24.1. The summed E-state index contributed by atoms with van der Waals surface area (Å²) in [5.41, 5.74) is -4.09. The van der Waals surface area contributed by atoms with E-state index in [4.69, 9.17) is 18.9 Å². The van der Waals surface area contributed by atoms with Gasteiger partial charge in [-0.1, -0.05) is 31.7 Å². The summed E-state index contributed by atoms with van der Waals surface area (Å²) in [4.78, 5) is 51.9. The number of rotatable bonds is 6. The number of aliphatic hydroxyl groups excluding tert-OH is 2. The summed E-state index contributed by atoms with van der Waals surface area (Å²) in [5, 5.41) is 34.7. The summed E-state index contributed by atoms with van der Waals surface area (Å²) in [6, 6.07) is 8.10. The Hall–Kier alpha value is -3.54. The van der Waals surface area contributed by atoms with E-state index in [1.807, 2.05) is 0 Å². The summed E-state index contributed by atoms with van der Waals surface area (Å²) in [6.07, 6.45) is -8.16. The van der Waals surface area contributed by atoms with Gasteiger partial charge < -0.3 is 34.3 Å². The molecule has 4 rings (SSSR count). The van der Waals surface area contributed by atoms with Gasteiger partial charge in [-0.2, -0.15) is 0 Å². The van der Waals surface area contributed by atoms with Crippen molar-refractivity contribution in [3.63, 3.8) is 0 Å². The van der Waals surface area contributed by atoms with E-state index in [0.29, 0.717) is 5.57 Å². The second-order valence-corrected chi connectivity index (χ2v) is 12.9. The van der Waals surface area contributed by atoms with Gasteiger partial charge in [0.15, 0.2) is 12.2 Å². The Bertz CT molecular complexity index is 1380. The second kappa shape index (κ2) is 11.8. The molecule has 2 fully saturated rings. The number of carbonyl (C=O) groups is 4. The zero-order chi connectivity index (χ0) is 32.9. The molecule has 11 nitrogen and oxygen atoms in total. The van der Waals surface area contributed by atoms with Gasteiger partial charge in [-0.3, -0.25) is 14.4 Å². The van der Waals surface area contributed by atoms with Crippen molar-refractivity contribution < 1.29 is 53.4 Å². The standard InChI is InChI=1S/C33H42O11/c1-16-22(37)14-24(41-18(3)34)32(8)26(16)28(42-19(4)35)33(31(6,7)40)15-23(38)17(2)25(33)27(29(32)43-20(5)36)44-30(39)21-12-10-9-11-13-21/h9-13,22-24,26-29,37-38,40H,1,14-15H2,2-8H3/t22-,23+,24+,26+,27-,28-,29+,32+,33+/m1/s1. The molecule has 0 saturated heterocycles. The van der Waals surface area contributed by atoms with Gasteiger partial charge in [0.25, 0.3) is 0 Å². The van der Waals surface area contributed by atoms with E-state index in [-0.39, 0.29) is 29.6 Å². The fraction of sp³-hybridized carbons (Fsp3) is 0.576. The lowest BCUT2D eigenvalue weighted by molar-refractivity contribution is -0.214.